The molecule has 21 heavy (non-hydrogen) atoms. The fourth-order valence-electron chi connectivity index (χ4n) is 1.83. The number of urea groups is 1. The van der Waals surface area contributed by atoms with Gasteiger partial charge >= 0.3 is 12.0 Å². The van der Waals surface area contributed by atoms with Crippen molar-refractivity contribution in [3.63, 3.8) is 0 Å². The lowest BCUT2D eigenvalue weighted by atomic mass is 10.2. The average molecular weight is 327 g/mol. The van der Waals surface area contributed by atoms with Crippen molar-refractivity contribution in [2.75, 3.05) is 24.9 Å². The molecule has 0 bridgehead atoms. The first-order chi connectivity index (χ1) is 10.2. The van der Waals surface area contributed by atoms with Crippen LogP contribution in [0.3, 0.4) is 0 Å². The molecule has 0 atom stereocenters. The SMILES string of the molecule is COC(=O)c1sc2ccccc2c1NC(=O)NCCCCl. The molecule has 0 spiro atoms. The number of rotatable bonds is 5. The highest BCUT2D eigenvalue weighted by Crippen LogP contribution is 2.36. The van der Waals surface area contributed by atoms with Gasteiger partial charge < -0.3 is 15.4 Å². The summed E-state index contributed by atoms with van der Waals surface area (Å²) < 4.78 is 5.68. The second-order valence-electron chi connectivity index (χ2n) is 4.22. The molecular formula is C14H15ClN2O3S. The van der Waals surface area contributed by atoms with Crippen molar-refractivity contribution in [3.05, 3.63) is 29.1 Å². The summed E-state index contributed by atoms with van der Waals surface area (Å²) in [5.74, 6) is 0.0157. The molecule has 0 fully saturated rings. The molecule has 0 aliphatic carbocycles. The number of amides is 2. The molecule has 1 heterocycles. The van der Waals surface area contributed by atoms with E-state index in [1.54, 1.807) is 0 Å². The van der Waals surface area contributed by atoms with E-state index in [9.17, 15) is 9.59 Å². The number of fused-ring (bicyclic) bond motifs is 1. The van der Waals surface area contributed by atoms with Crippen molar-refractivity contribution in [2.45, 2.75) is 6.42 Å². The van der Waals surface area contributed by atoms with Gasteiger partial charge in [-0.05, 0) is 12.5 Å². The molecule has 2 amide bonds. The normalized spacial score (nSPS) is 10.4. The van der Waals surface area contributed by atoms with Crippen molar-refractivity contribution in [1.82, 2.24) is 5.32 Å². The number of benzene rings is 1. The van der Waals surface area contributed by atoms with Gasteiger partial charge in [-0.3, -0.25) is 0 Å². The number of methoxy groups -OCH3 is 1. The summed E-state index contributed by atoms with van der Waals surface area (Å²) in [5.41, 5.74) is 0.478. The minimum absolute atomic E-state index is 0.367. The van der Waals surface area contributed by atoms with Gasteiger partial charge in [0.15, 0.2) is 0 Å². The molecule has 2 rings (SSSR count). The first kappa shape index (κ1) is 15.6. The Labute approximate surface area is 131 Å². The van der Waals surface area contributed by atoms with Crippen LogP contribution < -0.4 is 10.6 Å². The van der Waals surface area contributed by atoms with Crippen molar-refractivity contribution in [1.29, 1.82) is 0 Å². The molecular weight excluding hydrogens is 312 g/mol. The molecule has 2 N–H and O–H groups in total. The fraction of sp³-hybridized carbons (Fsp3) is 0.286. The minimum Gasteiger partial charge on any atom is -0.465 e. The van der Waals surface area contributed by atoms with Crippen LogP contribution in [0.5, 0.6) is 0 Å². The monoisotopic (exact) mass is 326 g/mol. The number of hydrogen-bond acceptors (Lipinski definition) is 4. The van der Waals surface area contributed by atoms with Crippen LogP contribution in [0.4, 0.5) is 10.5 Å². The van der Waals surface area contributed by atoms with Gasteiger partial charge in [0.05, 0.1) is 12.8 Å². The topological polar surface area (TPSA) is 67.4 Å². The van der Waals surface area contributed by atoms with Crippen LogP contribution in [-0.4, -0.2) is 31.5 Å². The Balaban J connectivity index is 2.27. The van der Waals surface area contributed by atoms with Gasteiger partial charge in [0.1, 0.15) is 4.88 Å². The van der Waals surface area contributed by atoms with Crippen LogP contribution in [-0.2, 0) is 4.74 Å². The van der Waals surface area contributed by atoms with Crippen LogP contribution in [0.2, 0.25) is 0 Å². The molecule has 2 aromatic rings. The Kier molecular flexibility index (Phi) is 5.41. The summed E-state index contributed by atoms with van der Waals surface area (Å²) in [6.45, 7) is 0.477. The van der Waals surface area contributed by atoms with E-state index in [-0.39, 0.29) is 6.03 Å². The van der Waals surface area contributed by atoms with E-state index >= 15 is 0 Å². The van der Waals surface area contributed by atoms with Crippen LogP contribution in [0.1, 0.15) is 16.1 Å². The number of carbonyl (C=O) groups excluding carboxylic acids is 2. The van der Waals surface area contributed by atoms with Gasteiger partial charge in [0.25, 0.3) is 0 Å². The number of anilines is 1. The van der Waals surface area contributed by atoms with E-state index in [0.29, 0.717) is 29.4 Å². The summed E-state index contributed by atoms with van der Waals surface area (Å²) >= 11 is 6.85. The third-order valence-corrected chi connectivity index (χ3v) is 4.22. The van der Waals surface area contributed by atoms with Gasteiger partial charge in [-0.25, -0.2) is 9.59 Å². The third-order valence-electron chi connectivity index (χ3n) is 2.80. The lowest BCUT2D eigenvalue weighted by molar-refractivity contribution is 0.0607. The lowest BCUT2D eigenvalue weighted by Gasteiger charge is -2.08. The molecule has 1 aromatic carbocycles. The van der Waals surface area contributed by atoms with Crippen LogP contribution in [0, 0.1) is 0 Å². The number of carbonyl (C=O) groups is 2. The van der Waals surface area contributed by atoms with Gasteiger partial charge in [-0.15, -0.1) is 22.9 Å². The number of hydrogen-bond donors (Lipinski definition) is 2. The molecule has 5 nitrogen and oxygen atoms in total. The Morgan fingerprint density at radius 3 is 2.81 bits per heavy atom. The molecule has 0 aliphatic rings. The second-order valence-corrected chi connectivity index (χ2v) is 5.65. The molecule has 0 saturated heterocycles. The van der Waals surface area contributed by atoms with Gasteiger partial charge in [0, 0.05) is 22.5 Å². The van der Waals surface area contributed by atoms with E-state index in [0.717, 1.165) is 10.1 Å². The van der Waals surface area contributed by atoms with Crippen molar-refractivity contribution in [3.8, 4) is 0 Å². The van der Waals surface area contributed by atoms with Crippen molar-refractivity contribution < 1.29 is 14.3 Å². The maximum absolute atomic E-state index is 11.9. The van der Waals surface area contributed by atoms with Crippen molar-refractivity contribution >= 4 is 50.7 Å². The Morgan fingerprint density at radius 1 is 1.33 bits per heavy atom. The van der Waals surface area contributed by atoms with Crippen LogP contribution in [0.15, 0.2) is 24.3 Å². The third kappa shape index (κ3) is 3.65. The molecule has 0 radical (unpaired) electrons. The molecule has 1 aromatic heterocycles. The lowest BCUT2D eigenvalue weighted by Crippen LogP contribution is -2.30. The second kappa shape index (κ2) is 7.28. The van der Waals surface area contributed by atoms with Gasteiger partial charge in [-0.2, -0.15) is 0 Å². The number of halogens is 1. The molecule has 112 valence electrons. The average Bonchev–Trinajstić information content (AvgIpc) is 2.85. The van der Waals surface area contributed by atoms with Crippen molar-refractivity contribution in [2.24, 2.45) is 0 Å². The number of thiophene rings is 1. The Hall–Kier alpha value is -1.79. The quantitative estimate of drug-likeness (QED) is 0.502. The summed E-state index contributed by atoms with van der Waals surface area (Å²) in [7, 11) is 1.32. The standard InChI is InChI=1S/C14H15ClN2O3S/c1-20-13(18)12-11(17-14(19)16-8-4-7-15)9-5-2-3-6-10(9)21-12/h2-3,5-6H,4,7-8H2,1H3,(H2,16,17,19). The van der Waals surface area contributed by atoms with E-state index in [4.69, 9.17) is 16.3 Å². The molecule has 0 unspecified atom stereocenters. The maximum atomic E-state index is 11.9. The fourth-order valence-corrected chi connectivity index (χ4v) is 3.04. The first-order valence-electron chi connectivity index (χ1n) is 6.38. The molecule has 0 saturated carbocycles. The summed E-state index contributed by atoms with van der Waals surface area (Å²) in [5, 5.41) is 6.23. The van der Waals surface area contributed by atoms with E-state index in [1.807, 2.05) is 24.3 Å². The van der Waals surface area contributed by atoms with Gasteiger partial charge in [-0.1, -0.05) is 18.2 Å². The van der Waals surface area contributed by atoms with E-state index in [2.05, 4.69) is 10.6 Å². The predicted molar refractivity (Wildman–Crippen MR) is 85.5 cm³/mol. The largest absolute Gasteiger partial charge is 0.465 e. The predicted octanol–water partition coefficient (Wildman–Crippen LogP) is 3.44. The number of nitrogens with one attached hydrogen (secondary N) is 2. The number of esters is 1. The van der Waals surface area contributed by atoms with Crippen LogP contribution in [0.25, 0.3) is 10.1 Å². The van der Waals surface area contributed by atoms with Crippen LogP contribution >= 0.6 is 22.9 Å². The Morgan fingerprint density at radius 2 is 2.10 bits per heavy atom. The molecule has 0 aliphatic heterocycles. The smallest absolute Gasteiger partial charge is 0.350 e. The maximum Gasteiger partial charge on any atom is 0.350 e. The zero-order chi connectivity index (χ0) is 15.2. The number of ether oxygens (including phenoxy) is 1. The summed E-state index contributed by atoms with van der Waals surface area (Å²) in [6.07, 6.45) is 0.684. The Bertz CT molecular complexity index is 657. The highest BCUT2D eigenvalue weighted by atomic mass is 35.5. The first-order valence-corrected chi connectivity index (χ1v) is 7.73. The molecule has 7 heteroatoms. The summed E-state index contributed by atoms with van der Waals surface area (Å²) in [6, 6.07) is 7.11. The highest BCUT2D eigenvalue weighted by molar-refractivity contribution is 7.21. The zero-order valence-corrected chi connectivity index (χ0v) is 13.0. The van der Waals surface area contributed by atoms with Gasteiger partial charge in [0.2, 0.25) is 0 Å². The summed E-state index contributed by atoms with van der Waals surface area (Å²) in [4.78, 5) is 24.1. The van der Waals surface area contributed by atoms with E-state index < -0.39 is 5.97 Å². The minimum atomic E-state index is -0.466. The number of alkyl halides is 1. The zero-order valence-electron chi connectivity index (χ0n) is 11.4. The van der Waals surface area contributed by atoms with E-state index in [1.165, 1.54) is 18.4 Å². The highest BCUT2D eigenvalue weighted by Gasteiger charge is 2.20.